The molecule has 2 aliphatic heterocycles. The highest BCUT2D eigenvalue weighted by Crippen LogP contribution is 2.45. The highest BCUT2D eigenvalue weighted by molar-refractivity contribution is 6.74. The molecule has 0 saturated carbocycles. The molecule has 2 aliphatic rings. The van der Waals surface area contributed by atoms with Crippen LogP contribution >= 0.6 is 0 Å². The fraction of sp³-hybridized carbons (Fsp3) is 0.964. The van der Waals surface area contributed by atoms with Crippen molar-refractivity contribution in [2.45, 2.75) is 142 Å². The molecule has 0 unspecified atom stereocenters. The maximum absolute atomic E-state index is 12.7. The van der Waals surface area contributed by atoms with Gasteiger partial charge in [0.15, 0.2) is 28.5 Å². The molecule has 9 heteroatoms. The lowest BCUT2D eigenvalue weighted by Crippen LogP contribution is -2.56. The van der Waals surface area contributed by atoms with Crippen molar-refractivity contribution in [3.05, 3.63) is 0 Å². The Kier molecular flexibility index (Phi) is 9.73. The molecule has 0 spiro atoms. The Hall–Kier alpha value is -0.296. The number of likely N-dealkylation sites (N-methyl/N-ethyl adjacent to an activating group) is 1. The molecular weight excluding hydrogens is 502 g/mol. The minimum absolute atomic E-state index is 0.0000539. The quantitative estimate of drug-likeness (QED) is 0.240. The zero-order valence-corrected chi connectivity index (χ0v) is 28.6. The monoisotopic (exact) mass is 559 g/mol. The zero-order chi connectivity index (χ0) is 28.9. The van der Waals surface area contributed by atoms with Crippen LogP contribution in [0.4, 0.5) is 0 Å². The predicted molar refractivity (Wildman–Crippen MR) is 155 cm³/mol. The molecule has 0 radical (unpaired) electrons. The van der Waals surface area contributed by atoms with Crippen molar-refractivity contribution in [1.82, 2.24) is 4.90 Å². The Bertz CT molecular complexity index is 801. The van der Waals surface area contributed by atoms with E-state index in [-0.39, 0.29) is 52.2 Å². The van der Waals surface area contributed by atoms with E-state index in [1.165, 1.54) is 0 Å². The van der Waals surface area contributed by atoms with E-state index in [4.69, 9.17) is 23.1 Å². The summed E-state index contributed by atoms with van der Waals surface area (Å²) in [6, 6.07) is 0. The second-order valence-electron chi connectivity index (χ2n) is 15.0. The van der Waals surface area contributed by atoms with Gasteiger partial charge in [-0.15, -0.1) is 0 Å². The van der Waals surface area contributed by atoms with E-state index in [2.05, 4.69) is 81.6 Å². The zero-order valence-electron chi connectivity index (χ0n) is 26.6. The van der Waals surface area contributed by atoms with Crippen LogP contribution in [-0.2, 0) is 27.9 Å². The third-order valence-corrected chi connectivity index (χ3v) is 18.1. The Labute approximate surface area is 229 Å². The highest BCUT2D eigenvalue weighted by Gasteiger charge is 2.56. The summed E-state index contributed by atoms with van der Waals surface area (Å²) in [4.78, 5) is 14.3. The molecule has 0 aromatic carbocycles. The molecule has 37 heavy (non-hydrogen) atoms. The van der Waals surface area contributed by atoms with Gasteiger partial charge < -0.3 is 28.0 Å². The lowest BCUT2D eigenvalue weighted by Gasteiger charge is -2.47. The van der Waals surface area contributed by atoms with Crippen molar-refractivity contribution in [1.29, 1.82) is 0 Å². The number of nitrogens with zero attached hydrogens (tertiary/aromatic N) is 1. The van der Waals surface area contributed by atoms with Gasteiger partial charge >= 0.3 is 0 Å². The number of hydrogen-bond acceptors (Lipinski definition) is 6. The maximum atomic E-state index is 12.7. The molecule has 1 amide bonds. The third kappa shape index (κ3) is 7.67. The van der Waals surface area contributed by atoms with Crippen molar-refractivity contribution in [2.24, 2.45) is 11.8 Å². The normalized spacial score (nSPS) is 27.9. The van der Waals surface area contributed by atoms with Crippen molar-refractivity contribution < 1.29 is 27.9 Å². The third-order valence-electron chi connectivity index (χ3n) is 9.15. The van der Waals surface area contributed by atoms with E-state index in [0.717, 1.165) is 0 Å². The van der Waals surface area contributed by atoms with Gasteiger partial charge in [-0.25, -0.2) is 0 Å². The molecule has 218 valence electrons. The number of hydrogen-bond donors (Lipinski definition) is 0. The van der Waals surface area contributed by atoms with E-state index < -0.39 is 28.5 Å². The molecule has 0 aliphatic carbocycles. The van der Waals surface area contributed by atoms with Crippen LogP contribution in [-0.4, -0.2) is 84.5 Å². The van der Waals surface area contributed by atoms with E-state index in [0.29, 0.717) is 6.61 Å². The van der Waals surface area contributed by atoms with Crippen LogP contribution in [0.15, 0.2) is 0 Å². The first-order chi connectivity index (χ1) is 16.4. The summed E-state index contributed by atoms with van der Waals surface area (Å²) >= 11 is 0. The Morgan fingerprint density at radius 3 is 1.84 bits per heavy atom. The first kappa shape index (κ1) is 32.9. The second kappa shape index (κ2) is 10.9. The van der Waals surface area contributed by atoms with Crippen LogP contribution in [0.2, 0.25) is 36.3 Å². The average Bonchev–Trinajstić information content (AvgIpc) is 3.43. The van der Waals surface area contributed by atoms with Gasteiger partial charge in [-0.3, -0.25) is 4.79 Å². The lowest BCUT2D eigenvalue weighted by molar-refractivity contribution is -0.157. The predicted octanol–water partition coefficient (Wildman–Crippen LogP) is 6.05. The summed E-state index contributed by atoms with van der Waals surface area (Å²) in [7, 11) is -0.753. The molecule has 0 bridgehead atoms. The fourth-order valence-corrected chi connectivity index (χ4v) is 7.34. The first-order valence-electron chi connectivity index (χ1n) is 14.0. The van der Waals surface area contributed by atoms with Gasteiger partial charge in [0.2, 0.25) is 0 Å². The fourth-order valence-electron chi connectivity index (χ4n) is 4.48. The summed E-state index contributed by atoms with van der Waals surface area (Å²) in [5, 5.41) is 0.0862. The van der Waals surface area contributed by atoms with Crippen LogP contribution in [0.3, 0.4) is 0 Å². The summed E-state index contributed by atoms with van der Waals surface area (Å²) in [6.07, 6.45) is -1.14. The number of rotatable bonds is 10. The molecule has 2 fully saturated rings. The van der Waals surface area contributed by atoms with Gasteiger partial charge in [0.1, 0.15) is 6.10 Å². The molecule has 0 aromatic heterocycles. The van der Waals surface area contributed by atoms with Gasteiger partial charge in [0.05, 0.1) is 24.9 Å². The maximum Gasteiger partial charge on any atom is 0.253 e. The van der Waals surface area contributed by atoms with Crippen molar-refractivity contribution in [3.63, 3.8) is 0 Å². The SMILES string of the molecule is C[C@H]([C@H](O[Si](C)(C)C(C)(C)C)[C@H](C)[C@H](O[Si](C)(C)C(C)(C)C)[C@H]1COC(C)(C)O1)[C@@H]1O[C@H]1C(=O)N(C)C. The van der Waals surface area contributed by atoms with Crippen LogP contribution in [0.5, 0.6) is 0 Å². The van der Waals surface area contributed by atoms with Crippen molar-refractivity contribution in [2.75, 3.05) is 20.7 Å². The minimum Gasteiger partial charge on any atom is -0.413 e. The van der Waals surface area contributed by atoms with E-state index >= 15 is 0 Å². The molecular formula is C28H57NO6Si2. The number of carbonyl (C=O) groups is 1. The second-order valence-corrected chi connectivity index (χ2v) is 24.5. The molecule has 7 nitrogen and oxygen atoms in total. The Balaban J connectivity index is 2.47. The summed E-state index contributed by atoms with van der Waals surface area (Å²) in [5.74, 6) is -0.623. The van der Waals surface area contributed by atoms with Gasteiger partial charge in [-0.2, -0.15) is 0 Å². The summed E-state index contributed by atoms with van der Waals surface area (Å²) < 4.78 is 32.7. The van der Waals surface area contributed by atoms with Crippen LogP contribution in [0.25, 0.3) is 0 Å². The molecule has 2 heterocycles. The van der Waals surface area contributed by atoms with E-state index in [1.807, 2.05) is 13.8 Å². The standard InChI is InChI=1S/C28H57NO6Si2/c1-18(22(20-17-31-28(9,10)33-20)35-37(15,16)27(6,7)8)21(34-36(13,14)26(3,4)5)19(2)23-24(32-23)25(30)29(11)12/h18-24H,17H2,1-16H3/t18-,19+,20+,21+,22-,23-,24+/m0/s1. The number of ether oxygens (including phenoxy) is 3. The topological polar surface area (TPSA) is 69.8 Å². The van der Waals surface area contributed by atoms with Crippen molar-refractivity contribution in [3.8, 4) is 0 Å². The minimum atomic E-state index is -2.16. The average molecular weight is 560 g/mol. The molecule has 7 atom stereocenters. The van der Waals surface area contributed by atoms with Gasteiger partial charge in [-0.05, 0) is 50.1 Å². The summed E-state index contributed by atoms with van der Waals surface area (Å²) in [6.45, 7) is 31.5. The number of epoxide rings is 1. The number of carbonyl (C=O) groups excluding carboxylic acids is 1. The van der Waals surface area contributed by atoms with Gasteiger partial charge in [-0.1, -0.05) is 55.4 Å². The smallest absolute Gasteiger partial charge is 0.253 e. The van der Waals surface area contributed by atoms with E-state index in [9.17, 15) is 4.79 Å². The van der Waals surface area contributed by atoms with Gasteiger partial charge in [0, 0.05) is 25.9 Å². The van der Waals surface area contributed by atoms with Crippen LogP contribution in [0.1, 0.15) is 69.2 Å². The van der Waals surface area contributed by atoms with Gasteiger partial charge in [0.25, 0.3) is 5.91 Å². The summed E-state index contributed by atoms with van der Waals surface area (Å²) in [5.41, 5.74) is 0. The number of amides is 1. The largest absolute Gasteiger partial charge is 0.413 e. The lowest BCUT2D eigenvalue weighted by atomic mass is 9.85. The molecule has 2 rings (SSSR count). The Morgan fingerprint density at radius 1 is 0.946 bits per heavy atom. The Morgan fingerprint density at radius 2 is 1.43 bits per heavy atom. The molecule has 0 N–H and O–H groups in total. The highest BCUT2D eigenvalue weighted by atomic mass is 28.4. The van der Waals surface area contributed by atoms with Crippen molar-refractivity contribution >= 4 is 22.5 Å². The molecule has 0 aromatic rings. The van der Waals surface area contributed by atoms with E-state index in [1.54, 1.807) is 19.0 Å². The van der Waals surface area contributed by atoms with Crippen LogP contribution < -0.4 is 0 Å². The first-order valence-corrected chi connectivity index (χ1v) is 19.8. The van der Waals surface area contributed by atoms with Crippen LogP contribution in [0, 0.1) is 11.8 Å². The molecule has 2 saturated heterocycles.